The van der Waals surface area contributed by atoms with Crippen LogP contribution in [-0.2, 0) is 9.53 Å². The fourth-order valence-electron chi connectivity index (χ4n) is 1.98. The molecule has 0 N–H and O–H groups in total. The van der Waals surface area contributed by atoms with Crippen LogP contribution in [0.15, 0.2) is 23.8 Å². The molecular weight excluding hydrogens is 289 g/mol. The molecule has 1 aromatic carbocycles. The molecule has 4 nitrogen and oxygen atoms in total. The Morgan fingerprint density at radius 3 is 2.67 bits per heavy atom. The molecule has 21 heavy (non-hydrogen) atoms. The van der Waals surface area contributed by atoms with Crippen LogP contribution >= 0.6 is 0 Å². The fourth-order valence-corrected chi connectivity index (χ4v) is 1.98. The maximum atomic E-state index is 13.1. The third kappa shape index (κ3) is 2.96. The Balaban J connectivity index is 2.52. The number of hydrogen-bond acceptors (Lipinski definition) is 4. The predicted octanol–water partition coefficient (Wildman–Crippen LogP) is 2.97. The lowest BCUT2D eigenvalue weighted by molar-refractivity contribution is -0.188. The number of para-hydroxylation sites is 1. The number of rotatable bonds is 3. The Labute approximate surface area is 119 Å². The smallest absolute Gasteiger partial charge is 0.430 e. The first-order chi connectivity index (χ1) is 9.88. The van der Waals surface area contributed by atoms with Gasteiger partial charge in [0.1, 0.15) is 0 Å². The summed E-state index contributed by atoms with van der Waals surface area (Å²) in [5, 5.41) is 0. The number of benzene rings is 1. The zero-order valence-electron chi connectivity index (χ0n) is 11.4. The summed E-state index contributed by atoms with van der Waals surface area (Å²) in [6.45, 7) is 1.49. The van der Waals surface area contributed by atoms with Crippen LogP contribution in [0.3, 0.4) is 0 Å². The normalized spacial score (nSPS) is 17.4. The van der Waals surface area contributed by atoms with E-state index in [4.69, 9.17) is 9.47 Å². The molecule has 1 aliphatic rings. The number of methoxy groups -OCH3 is 1. The van der Waals surface area contributed by atoms with E-state index >= 15 is 0 Å². The summed E-state index contributed by atoms with van der Waals surface area (Å²) in [5.41, 5.74) is -0.247. The van der Waals surface area contributed by atoms with Crippen LogP contribution < -0.4 is 9.47 Å². The molecule has 0 aromatic heterocycles. The largest absolute Gasteiger partial charge is 0.493 e. The lowest BCUT2D eigenvalue weighted by Gasteiger charge is -2.28. The third-order valence-corrected chi connectivity index (χ3v) is 2.87. The molecule has 0 fully saturated rings. The van der Waals surface area contributed by atoms with E-state index in [1.165, 1.54) is 26.2 Å². The van der Waals surface area contributed by atoms with Gasteiger partial charge in [-0.05, 0) is 19.1 Å². The number of carbonyl (C=O) groups excluding carboxylic acids is 1. The minimum atomic E-state index is -4.74. The highest BCUT2D eigenvalue weighted by atomic mass is 19.4. The Bertz CT molecular complexity index is 578. The molecule has 0 saturated heterocycles. The van der Waals surface area contributed by atoms with Gasteiger partial charge >= 0.3 is 12.1 Å². The van der Waals surface area contributed by atoms with Crippen molar-refractivity contribution in [3.8, 4) is 11.5 Å². The highest BCUT2D eigenvalue weighted by Gasteiger charge is 2.49. The summed E-state index contributed by atoms with van der Waals surface area (Å²) in [4.78, 5) is 11.7. The Morgan fingerprint density at radius 2 is 2.10 bits per heavy atom. The third-order valence-electron chi connectivity index (χ3n) is 2.87. The number of carbonyl (C=O) groups is 1. The lowest BCUT2D eigenvalue weighted by atomic mass is 10.0. The van der Waals surface area contributed by atoms with Crippen molar-refractivity contribution in [2.24, 2.45) is 0 Å². The van der Waals surface area contributed by atoms with Crippen LogP contribution in [0.5, 0.6) is 11.5 Å². The van der Waals surface area contributed by atoms with Gasteiger partial charge in [-0.2, -0.15) is 13.2 Å². The van der Waals surface area contributed by atoms with Crippen LogP contribution in [0.1, 0.15) is 12.5 Å². The van der Waals surface area contributed by atoms with E-state index in [0.717, 1.165) is 6.08 Å². The zero-order valence-corrected chi connectivity index (χ0v) is 11.4. The van der Waals surface area contributed by atoms with Gasteiger partial charge in [-0.25, -0.2) is 4.79 Å². The van der Waals surface area contributed by atoms with Crippen molar-refractivity contribution in [1.82, 2.24) is 0 Å². The van der Waals surface area contributed by atoms with Crippen LogP contribution in [0, 0.1) is 0 Å². The highest BCUT2D eigenvalue weighted by molar-refractivity contribution is 5.96. The second-order valence-corrected chi connectivity index (χ2v) is 4.24. The number of fused-ring (bicyclic) bond motifs is 1. The summed E-state index contributed by atoms with van der Waals surface area (Å²) < 4.78 is 53.9. The zero-order chi connectivity index (χ0) is 15.6. The first-order valence-corrected chi connectivity index (χ1v) is 6.17. The monoisotopic (exact) mass is 302 g/mol. The van der Waals surface area contributed by atoms with Gasteiger partial charge in [-0.15, -0.1) is 0 Å². The fraction of sp³-hybridized carbons (Fsp3) is 0.357. The molecule has 7 heteroatoms. The van der Waals surface area contributed by atoms with Gasteiger partial charge in [0.2, 0.25) is 6.10 Å². The molecular formula is C14H13F3O4. The maximum absolute atomic E-state index is 13.1. The van der Waals surface area contributed by atoms with E-state index in [-0.39, 0.29) is 18.1 Å². The van der Waals surface area contributed by atoms with E-state index in [0.29, 0.717) is 5.56 Å². The number of halogens is 3. The number of ether oxygens (including phenoxy) is 3. The van der Waals surface area contributed by atoms with Crippen LogP contribution in [-0.4, -0.2) is 32.0 Å². The minimum absolute atomic E-state index is 0.0221. The molecule has 0 aliphatic carbocycles. The van der Waals surface area contributed by atoms with Crippen molar-refractivity contribution >= 4 is 12.0 Å². The molecule has 2 rings (SSSR count). The van der Waals surface area contributed by atoms with Gasteiger partial charge in [0.25, 0.3) is 0 Å². The van der Waals surface area contributed by atoms with Crippen molar-refractivity contribution in [2.45, 2.75) is 19.2 Å². The van der Waals surface area contributed by atoms with Crippen molar-refractivity contribution in [2.75, 3.05) is 13.7 Å². The van der Waals surface area contributed by atoms with E-state index in [9.17, 15) is 18.0 Å². The predicted molar refractivity (Wildman–Crippen MR) is 68.1 cm³/mol. The van der Waals surface area contributed by atoms with Crippen LogP contribution in [0.2, 0.25) is 0 Å². The SMILES string of the molecule is CCOC(=O)C1=Cc2cccc(OC)c2OC1C(F)(F)F. The molecule has 1 aliphatic heterocycles. The van der Waals surface area contributed by atoms with Gasteiger partial charge in [0.15, 0.2) is 11.5 Å². The summed E-state index contributed by atoms with van der Waals surface area (Å²) >= 11 is 0. The summed E-state index contributed by atoms with van der Waals surface area (Å²) in [6, 6.07) is 4.60. The maximum Gasteiger partial charge on any atom is 0.430 e. The van der Waals surface area contributed by atoms with Gasteiger partial charge in [0, 0.05) is 5.56 Å². The summed E-state index contributed by atoms with van der Waals surface area (Å²) in [7, 11) is 1.33. The Morgan fingerprint density at radius 1 is 1.38 bits per heavy atom. The van der Waals surface area contributed by atoms with Crippen molar-refractivity contribution < 1.29 is 32.2 Å². The van der Waals surface area contributed by atoms with Crippen LogP contribution in [0.4, 0.5) is 13.2 Å². The molecule has 0 amide bonds. The average Bonchev–Trinajstić information content (AvgIpc) is 2.44. The molecule has 0 saturated carbocycles. The number of hydrogen-bond donors (Lipinski definition) is 0. The van der Waals surface area contributed by atoms with Crippen molar-refractivity contribution in [1.29, 1.82) is 0 Å². The van der Waals surface area contributed by atoms with Crippen molar-refractivity contribution in [3.63, 3.8) is 0 Å². The Kier molecular flexibility index (Phi) is 4.11. The Hall–Kier alpha value is -2.18. The average molecular weight is 302 g/mol. The minimum Gasteiger partial charge on any atom is -0.493 e. The second kappa shape index (κ2) is 5.67. The van der Waals surface area contributed by atoms with Crippen molar-refractivity contribution in [3.05, 3.63) is 29.3 Å². The number of alkyl halides is 3. The van der Waals surface area contributed by atoms with E-state index < -0.39 is 23.8 Å². The molecule has 1 aromatic rings. The standard InChI is InChI=1S/C14H13F3O4/c1-3-20-13(18)9-7-8-5-4-6-10(19-2)11(8)21-12(9)14(15,16)17/h4-7,12H,3H2,1-2H3. The molecule has 114 valence electrons. The molecule has 1 atom stereocenters. The van der Waals surface area contributed by atoms with E-state index in [1.54, 1.807) is 6.07 Å². The molecule has 0 bridgehead atoms. The van der Waals surface area contributed by atoms with Crippen LogP contribution in [0.25, 0.3) is 6.08 Å². The van der Waals surface area contributed by atoms with Gasteiger partial charge in [0.05, 0.1) is 19.3 Å². The van der Waals surface area contributed by atoms with E-state index in [1.807, 2.05) is 0 Å². The van der Waals surface area contributed by atoms with Gasteiger partial charge < -0.3 is 14.2 Å². The molecule has 0 spiro atoms. The molecule has 1 unspecified atom stereocenters. The molecule has 1 heterocycles. The first kappa shape index (κ1) is 15.2. The lowest BCUT2D eigenvalue weighted by Crippen LogP contribution is -2.40. The summed E-state index contributed by atoms with van der Waals surface area (Å²) in [5.74, 6) is -0.926. The summed E-state index contributed by atoms with van der Waals surface area (Å²) in [6.07, 6.45) is -5.99. The second-order valence-electron chi connectivity index (χ2n) is 4.24. The number of esters is 1. The van der Waals surface area contributed by atoms with Gasteiger partial charge in [-0.1, -0.05) is 12.1 Å². The topological polar surface area (TPSA) is 44.8 Å². The van der Waals surface area contributed by atoms with E-state index in [2.05, 4.69) is 4.74 Å². The highest BCUT2D eigenvalue weighted by Crippen LogP contribution is 2.42. The first-order valence-electron chi connectivity index (χ1n) is 6.17. The molecule has 0 radical (unpaired) electrons. The van der Waals surface area contributed by atoms with Gasteiger partial charge in [-0.3, -0.25) is 0 Å². The quantitative estimate of drug-likeness (QED) is 0.805.